The minimum Gasteiger partial charge on any atom is -0.497 e. The van der Waals surface area contributed by atoms with E-state index < -0.39 is 0 Å². The summed E-state index contributed by atoms with van der Waals surface area (Å²) < 4.78 is 5.32. The summed E-state index contributed by atoms with van der Waals surface area (Å²) in [6.07, 6.45) is 0. The smallest absolute Gasteiger partial charge is 0.144 e. The van der Waals surface area contributed by atoms with Gasteiger partial charge in [-0.1, -0.05) is 48.5 Å². The van der Waals surface area contributed by atoms with Gasteiger partial charge in [-0.2, -0.15) is 0 Å². The van der Waals surface area contributed by atoms with Crippen LogP contribution in [0.1, 0.15) is 31.9 Å². The van der Waals surface area contributed by atoms with Gasteiger partial charge >= 0.3 is 0 Å². The molecule has 0 atom stereocenters. The highest BCUT2D eigenvalue weighted by atomic mass is 16.5. The Bertz CT molecular complexity index is 1230. The minimum absolute atomic E-state index is 0.200. The summed E-state index contributed by atoms with van der Waals surface area (Å²) in [5, 5.41) is 0. The number of para-hydroxylation sites is 1. The van der Waals surface area contributed by atoms with Crippen LogP contribution in [0.5, 0.6) is 5.75 Å². The third-order valence-electron chi connectivity index (χ3n) is 5.56. The first-order chi connectivity index (χ1) is 15.0. The summed E-state index contributed by atoms with van der Waals surface area (Å²) in [6, 6.07) is 26.7. The van der Waals surface area contributed by atoms with Crippen LogP contribution in [0.25, 0.3) is 11.1 Å². The molecule has 2 aliphatic rings. The van der Waals surface area contributed by atoms with Crippen LogP contribution in [0.4, 0.5) is 11.4 Å². The molecule has 0 radical (unpaired) electrons. The standard InChI is InChI=1S/C27H25N3O/c1-27(2,3)30-25(28-19-14-16-20(31-4)17-15-19)23(18-10-6-5-7-11-18)24-21-12-8-9-13-22(21)29-26(24)30/h5-17H,1-4H3. The van der Waals surface area contributed by atoms with Crippen molar-refractivity contribution in [2.75, 3.05) is 7.11 Å². The van der Waals surface area contributed by atoms with Gasteiger partial charge in [0.2, 0.25) is 0 Å². The molecule has 3 aromatic rings. The van der Waals surface area contributed by atoms with Gasteiger partial charge < -0.3 is 9.64 Å². The highest BCUT2D eigenvalue weighted by Gasteiger charge is 2.44. The van der Waals surface area contributed by atoms with E-state index in [1.165, 1.54) is 0 Å². The molecule has 4 heteroatoms. The lowest BCUT2D eigenvalue weighted by molar-refractivity contribution is 0.350. The molecule has 0 aliphatic carbocycles. The van der Waals surface area contributed by atoms with E-state index in [-0.39, 0.29) is 5.54 Å². The first-order valence-electron chi connectivity index (χ1n) is 10.5. The Balaban J connectivity index is 1.79. The van der Waals surface area contributed by atoms with Gasteiger partial charge in [0.05, 0.1) is 18.5 Å². The van der Waals surface area contributed by atoms with Crippen molar-refractivity contribution < 1.29 is 4.74 Å². The van der Waals surface area contributed by atoms with Crippen LogP contribution in [0, 0.1) is 0 Å². The molecule has 31 heavy (non-hydrogen) atoms. The molecule has 2 heterocycles. The normalized spacial score (nSPS) is 16.5. The zero-order chi connectivity index (χ0) is 21.6. The summed E-state index contributed by atoms with van der Waals surface area (Å²) >= 11 is 0. The molecule has 0 N–H and O–H groups in total. The zero-order valence-electron chi connectivity index (χ0n) is 18.3. The number of rotatable bonds is 3. The molecule has 2 aliphatic heterocycles. The lowest BCUT2D eigenvalue weighted by atomic mass is 9.96. The largest absolute Gasteiger partial charge is 0.497 e. The number of ether oxygens (including phenoxy) is 1. The van der Waals surface area contributed by atoms with Gasteiger partial charge in [-0.15, -0.1) is 0 Å². The molecule has 0 saturated carbocycles. The van der Waals surface area contributed by atoms with Crippen molar-refractivity contribution >= 4 is 34.2 Å². The quantitative estimate of drug-likeness (QED) is 0.497. The predicted octanol–water partition coefficient (Wildman–Crippen LogP) is 6.49. The van der Waals surface area contributed by atoms with Gasteiger partial charge in [-0.05, 0) is 56.7 Å². The minimum atomic E-state index is -0.200. The Morgan fingerprint density at radius 1 is 0.806 bits per heavy atom. The summed E-state index contributed by atoms with van der Waals surface area (Å²) in [6.45, 7) is 6.61. The van der Waals surface area contributed by atoms with Crippen LogP contribution in [-0.2, 0) is 0 Å². The SMILES string of the molecule is COc1ccc(N=C2C(c3ccccc3)=C3C(=Nc4ccccc43)N2C(C)(C)C)cc1. The Labute approximate surface area is 183 Å². The van der Waals surface area contributed by atoms with E-state index in [1.807, 2.05) is 36.4 Å². The monoisotopic (exact) mass is 407 g/mol. The molecule has 0 bridgehead atoms. The average Bonchev–Trinajstić information content (AvgIpc) is 3.28. The molecule has 3 aromatic carbocycles. The topological polar surface area (TPSA) is 37.2 Å². The fraction of sp³-hybridized carbons (Fsp3) is 0.185. The molecule has 0 aromatic heterocycles. The van der Waals surface area contributed by atoms with E-state index in [0.29, 0.717) is 0 Å². The van der Waals surface area contributed by atoms with Crippen LogP contribution < -0.4 is 4.74 Å². The number of nitrogens with zero attached hydrogens (tertiary/aromatic N) is 3. The molecule has 0 fully saturated rings. The van der Waals surface area contributed by atoms with Crippen LogP contribution >= 0.6 is 0 Å². The zero-order valence-corrected chi connectivity index (χ0v) is 18.3. The number of fused-ring (bicyclic) bond motifs is 3. The number of amidine groups is 2. The predicted molar refractivity (Wildman–Crippen MR) is 128 cm³/mol. The van der Waals surface area contributed by atoms with Crippen molar-refractivity contribution in [3.05, 3.63) is 90.0 Å². The van der Waals surface area contributed by atoms with E-state index in [1.54, 1.807) is 7.11 Å². The Morgan fingerprint density at radius 2 is 1.48 bits per heavy atom. The lowest BCUT2D eigenvalue weighted by Gasteiger charge is -2.34. The van der Waals surface area contributed by atoms with Gasteiger partial charge in [-0.3, -0.25) is 0 Å². The van der Waals surface area contributed by atoms with E-state index in [0.717, 1.165) is 51.1 Å². The number of benzene rings is 3. The van der Waals surface area contributed by atoms with Crippen molar-refractivity contribution in [1.29, 1.82) is 0 Å². The fourth-order valence-corrected chi connectivity index (χ4v) is 4.20. The number of aliphatic imine (C=N–C) groups is 2. The maximum Gasteiger partial charge on any atom is 0.144 e. The Hall–Kier alpha value is -3.66. The summed E-state index contributed by atoms with van der Waals surface area (Å²) in [5.74, 6) is 2.71. The Kier molecular flexibility index (Phi) is 4.51. The summed E-state index contributed by atoms with van der Waals surface area (Å²) in [5.41, 5.74) is 6.27. The van der Waals surface area contributed by atoms with Crippen LogP contribution in [0.3, 0.4) is 0 Å². The third-order valence-corrected chi connectivity index (χ3v) is 5.56. The molecule has 0 unspecified atom stereocenters. The van der Waals surface area contributed by atoms with Crippen LogP contribution in [-0.4, -0.2) is 29.2 Å². The van der Waals surface area contributed by atoms with E-state index in [2.05, 4.69) is 68.1 Å². The van der Waals surface area contributed by atoms with Gasteiger partial charge in [0, 0.05) is 22.2 Å². The molecule has 5 rings (SSSR count). The Morgan fingerprint density at radius 3 is 2.16 bits per heavy atom. The highest BCUT2D eigenvalue weighted by Crippen LogP contribution is 2.47. The molecule has 0 spiro atoms. The second-order valence-corrected chi connectivity index (χ2v) is 8.71. The molecular formula is C27H25N3O. The number of hydrogen-bond acceptors (Lipinski definition) is 3. The summed E-state index contributed by atoms with van der Waals surface area (Å²) in [7, 11) is 1.67. The van der Waals surface area contributed by atoms with Crippen molar-refractivity contribution in [2.45, 2.75) is 26.3 Å². The lowest BCUT2D eigenvalue weighted by Crippen LogP contribution is -2.46. The van der Waals surface area contributed by atoms with Gasteiger partial charge in [0.15, 0.2) is 0 Å². The van der Waals surface area contributed by atoms with Crippen molar-refractivity contribution in [2.24, 2.45) is 9.98 Å². The first kappa shape index (κ1) is 19.3. The number of methoxy groups -OCH3 is 1. The van der Waals surface area contributed by atoms with E-state index in [4.69, 9.17) is 14.7 Å². The maximum atomic E-state index is 5.32. The third kappa shape index (κ3) is 3.25. The van der Waals surface area contributed by atoms with Crippen LogP contribution in [0.15, 0.2) is 88.8 Å². The fourth-order valence-electron chi connectivity index (χ4n) is 4.20. The van der Waals surface area contributed by atoms with Gasteiger partial charge in [-0.25, -0.2) is 9.98 Å². The molecule has 154 valence electrons. The molecule has 0 saturated heterocycles. The molecule has 0 amide bonds. The van der Waals surface area contributed by atoms with Crippen molar-refractivity contribution in [3.8, 4) is 5.75 Å². The molecular weight excluding hydrogens is 382 g/mol. The second kappa shape index (κ2) is 7.24. The van der Waals surface area contributed by atoms with Crippen molar-refractivity contribution in [3.63, 3.8) is 0 Å². The second-order valence-electron chi connectivity index (χ2n) is 8.71. The summed E-state index contributed by atoms with van der Waals surface area (Å²) in [4.78, 5) is 12.5. The average molecular weight is 408 g/mol. The highest BCUT2D eigenvalue weighted by molar-refractivity contribution is 6.53. The first-order valence-corrected chi connectivity index (χ1v) is 10.5. The number of hydrogen-bond donors (Lipinski definition) is 0. The van der Waals surface area contributed by atoms with E-state index >= 15 is 0 Å². The maximum absolute atomic E-state index is 5.32. The van der Waals surface area contributed by atoms with Crippen LogP contribution in [0.2, 0.25) is 0 Å². The van der Waals surface area contributed by atoms with E-state index in [9.17, 15) is 0 Å². The molecule has 4 nitrogen and oxygen atoms in total. The van der Waals surface area contributed by atoms with Crippen molar-refractivity contribution in [1.82, 2.24) is 4.90 Å². The van der Waals surface area contributed by atoms with Gasteiger partial charge in [0.1, 0.15) is 17.4 Å². The van der Waals surface area contributed by atoms with Gasteiger partial charge in [0.25, 0.3) is 0 Å².